The summed E-state index contributed by atoms with van der Waals surface area (Å²) in [5, 5.41) is 20.0. The number of rotatable bonds is 5. The predicted molar refractivity (Wildman–Crippen MR) is 94.6 cm³/mol. The van der Waals surface area contributed by atoms with Crippen LogP contribution in [0.5, 0.6) is 17.2 Å². The van der Waals surface area contributed by atoms with Gasteiger partial charge in [-0.3, -0.25) is 9.59 Å². The summed E-state index contributed by atoms with van der Waals surface area (Å²) in [5.74, 6) is -1.06. The number of ketones is 1. The molecule has 0 aliphatic heterocycles. The van der Waals surface area contributed by atoms with Crippen LogP contribution in [0.1, 0.15) is 21.5 Å². The molecule has 0 aliphatic carbocycles. The van der Waals surface area contributed by atoms with Crippen molar-refractivity contribution >= 4 is 34.3 Å². The van der Waals surface area contributed by atoms with Crippen LogP contribution in [-0.2, 0) is 16.0 Å². The summed E-state index contributed by atoms with van der Waals surface area (Å²) < 4.78 is 9.99. The lowest BCUT2D eigenvalue weighted by Gasteiger charge is -2.14. The van der Waals surface area contributed by atoms with E-state index < -0.39 is 17.5 Å². The Kier molecular flexibility index (Phi) is 5.66. The first kappa shape index (κ1) is 18.1. The van der Waals surface area contributed by atoms with Crippen molar-refractivity contribution < 1.29 is 29.3 Å². The Bertz CT molecular complexity index is 783. The minimum atomic E-state index is -0.582. The number of carbonyl (C=O) groups excluding carboxylic acids is 2. The van der Waals surface area contributed by atoms with Crippen molar-refractivity contribution in [2.45, 2.75) is 6.42 Å². The van der Waals surface area contributed by atoms with Crippen LogP contribution in [0, 0.1) is 3.57 Å². The van der Waals surface area contributed by atoms with Gasteiger partial charge in [0.15, 0.2) is 5.78 Å². The second kappa shape index (κ2) is 7.52. The monoisotopic (exact) mass is 442 g/mol. The van der Waals surface area contributed by atoms with E-state index in [-0.39, 0.29) is 23.3 Å². The number of aromatic hydroxyl groups is 2. The van der Waals surface area contributed by atoms with Crippen molar-refractivity contribution in [3.05, 3.63) is 50.6 Å². The van der Waals surface area contributed by atoms with Gasteiger partial charge in [0.05, 0.1) is 29.8 Å². The van der Waals surface area contributed by atoms with E-state index >= 15 is 0 Å². The fourth-order valence-electron chi connectivity index (χ4n) is 2.21. The van der Waals surface area contributed by atoms with Gasteiger partial charge in [0.25, 0.3) is 0 Å². The van der Waals surface area contributed by atoms with Gasteiger partial charge >= 0.3 is 5.97 Å². The molecule has 0 aromatic heterocycles. The van der Waals surface area contributed by atoms with Gasteiger partial charge in [-0.05, 0) is 52.4 Å². The van der Waals surface area contributed by atoms with E-state index in [4.69, 9.17) is 4.74 Å². The molecule has 0 atom stereocenters. The number of phenolic OH excluding ortho intramolecular Hbond substituents is 2. The zero-order valence-electron chi connectivity index (χ0n) is 13.0. The molecule has 2 rings (SSSR count). The molecule has 2 N–H and O–H groups in total. The van der Waals surface area contributed by atoms with Crippen molar-refractivity contribution in [1.82, 2.24) is 0 Å². The molecule has 0 heterocycles. The Morgan fingerprint density at radius 3 is 2.25 bits per heavy atom. The molecule has 0 radical (unpaired) electrons. The first-order chi connectivity index (χ1) is 11.4. The third kappa shape index (κ3) is 3.61. The number of esters is 1. The second-order valence-corrected chi connectivity index (χ2v) is 5.97. The number of ether oxygens (including phenoxy) is 2. The summed E-state index contributed by atoms with van der Waals surface area (Å²) in [7, 11) is 2.74. The van der Waals surface area contributed by atoms with Crippen LogP contribution in [0.4, 0.5) is 0 Å². The highest BCUT2D eigenvalue weighted by Gasteiger charge is 2.24. The minimum absolute atomic E-state index is 0.0345. The van der Waals surface area contributed by atoms with E-state index in [1.807, 2.05) is 22.6 Å². The molecule has 0 aliphatic rings. The fourth-order valence-corrected chi connectivity index (χ4v) is 2.82. The largest absolute Gasteiger partial charge is 0.507 e. The van der Waals surface area contributed by atoms with E-state index in [1.54, 1.807) is 24.3 Å². The van der Waals surface area contributed by atoms with Crippen molar-refractivity contribution in [1.29, 1.82) is 0 Å². The van der Waals surface area contributed by atoms with Crippen LogP contribution in [0.25, 0.3) is 0 Å². The summed E-state index contributed by atoms with van der Waals surface area (Å²) >= 11 is 1.82. The quantitative estimate of drug-likeness (QED) is 0.420. The van der Waals surface area contributed by atoms with Gasteiger partial charge in [0.1, 0.15) is 17.2 Å². The van der Waals surface area contributed by atoms with E-state index in [9.17, 15) is 19.8 Å². The summed E-state index contributed by atoms with van der Waals surface area (Å²) in [6.07, 6.45) is -0.242. The molecule has 0 bridgehead atoms. The first-order valence-corrected chi connectivity index (χ1v) is 7.95. The maximum atomic E-state index is 12.8. The number of hydrogen-bond donors (Lipinski definition) is 2. The molecule has 0 spiro atoms. The van der Waals surface area contributed by atoms with Crippen molar-refractivity contribution in [3.63, 3.8) is 0 Å². The normalized spacial score (nSPS) is 10.3. The Morgan fingerprint density at radius 2 is 1.71 bits per heavy atom. The SMILES string of the molecule is COC(=O)Cc1c(I)c(O)cc(O)c1C(=O)c1ccc(OC)cc1. The summed E-state index contributed by atoms with van der Waals surface area (Å²) in [6, 6.07) is 7.44. The standard InChI is InChI=1S/C17H15IO6/c1-23-10-5-3-9(4-6-10)17(22)15-11(7-14(21)24-2)16(18)13(20)8-12(15)19/h3-6,8,19-20H,7H2,1-2H3. The van der Waals surface area contributed by atoms with E-state index in [0.29, 0.717) is 14.9 Å². The lowest BCUT2D eigenvalue weighted by atomic mass is 9.95. The van der Waals surface area contributed by atoms with Gasteiger partial charge in [-0.1, -0.05) is 0 Å². The van der Waals surface area contributed by atoms with Gasteiger partial charge in [-0.25, -0.2) is 0 Å². The molecule has 6 nitrogen and oxygen atoms in total. The summed E-state index contributed by atoms with van der Waals surface area (Å²) in [4.78, 5) is 24.4. The van der Waals surface area contributed by atoms with Gasteiger partial charge in [-0.2, -0.15) is 0 Å². The van der Waals surface area contributed by atoms with Gasteiger partial charge in [0.2, 0.25) is 0 Å². The van der Waals surface area contributed by atoms with Crippen LogP contribution in [0.15, 0.2) is 30.3 Å². The average molecular weight is 442 g/mol. The molecule has 0 amide bonds. The first-order valence-electron chi connectivity index (χ1n) is 6.88. The van der Waals surface area contributed by atoms with Crippen molar-refractivity contribution in [2.75, 3.05) is 14.2 Å². The van der Waals surface area contributed by atoms with Gasteiger partial charge in [-0.15, -0.1) is 0 Å². The van der Waals surface area contributed by atoms with Gasteiger partial charge < -0.3 is 19.7 Å². The smallest absolute Gasteiger partial charge is 0.310 e. The van der Waals surface area contributed by atoms with E-state index in [1.165, 1.54) is 14.2 Å². The Morgan fingerprint density at radius 1 is 1.08 bits per heavy atom. The molecular weight excluding hydrogens is 427 g/mol. The van der Waals surface area contributed by atoms with E-state index in [2.05, 4.69) is 4.74 Å². The molecule has 0 saturated carbocycles. The highest BCUT2D eigenvalue weighted by Crippen LogP contribution is 2.35. The Balaban J connectivity index is 2.56. The number of carbonyl (C=O) groups is 2. The molecule has 0 unspecified atom stereocenters. The minimum Gasteiger partial charge on any atom is -0.507 e. The van der Waals surface area contributed by atoms with Gasteiger partial charge in [0, 0.05) is 11.6 Å². The molecule has 2 aromatic carbocycles. The highest BCUT2D eigenvalue weighted by molar-refractivity contribution is 14.1. The van der Waals surface area contributed by atoms with Crippen LogP contribution >= 0.6 is 22.6 Å². The third-order valence-corrected chi connectivity index (χ3v) is 4.65. The fraction of sp³-hybridized carbons (Fsp3) is 0.176. The topological polar surface area (TPSA) is 93.1 Å². The van der Waals surface area contributed by atoms with Crippen molar-refractivity contribution in [2.24, 2.45) is 0 Å². The maximum absolute atomic E-state index is 12.8. The lowest BCUT2D eigenvalue weighted by molar-refractivity contribution is -0.139. The van der Waals surface area contributed by atoms with Crippen LogP contribution < -0.4 is 4.74 Å². The maximum Gasteiger partial charge on any atom is 0.310 e. The van der Waals surface area contributed by atoms with E-state index in [0.717, 1.165) is 6.07 Å². The molecule has 24 heavy (non-hydrogen) atoms. The summed E-state index contributed by atoms with van der Waals surface area (Å²) in [6.45, 7) is 0. The highest BCUT2D eigenvalue weighted by atomic mass is 127. The molecule has 0 saturated heterocycles. The zero-order chi connectivity index (χ0) is 17.9. The number of hydrogen-bond acceptors (Lipinski definition) is 6. The zero-order valence-corrected chi connectivity index (χ0v) is 15.2. The van der Waals surface area contributed by atoms with Crippen molar-refractivity contribution in [3.8, 4) is 17.2 Å². The number of methoxy groups -OCH3 is 2. The van der Waals surface area contributed by atoms with Crippen LogP contribution in [-0.4, -0.2) is 36.2 Å². The predicted octanol–water partition coefficient (Wildman–Crippen LogP) is 2.66. The second-order valence-electron chi connectivity index (χ2n) is 4.89. The Labute approximate surface area is 152 Å². The molecule has 126 valence electrons. The molecule has 2 aromatic rings. The Hall–Kier alpha value is -2.29. The summed E-state index contributed by atoms with van der Waals surface area (Å²) in [5.41, 5.74) is 0.507. The number of phenols is 2. The molecular formula is C17H15IO6. The number of benzene rings is 2. The molecule has 0 fully saturated rings. The lowest BCUT2D eigenvalue weighted by Crippen LogP contribution is -2.13. The molecule has 7 heteroatoms. The van der Waals surface area contributed by atoms with Crippen LogP contribution in [0.3, 0.4) is 0 Å². The average Bonchev–Trinajstić information content (AvgIpc) is 2.59. The number of halogens is 1. The van der Waals surface area contributed by atoms with Crippen LogP contribution in [0.2, 0.25) is 0 Å². The third-order valence-electron chi connectivity index (χ3n) is 3.45.